The number of ether oxygens (including phenoxy) is 1. The van der Waals surface area contributed by atoms with Gasteiger partial charge in [0, 0.05) is 13.0 Å². The molecule has 0 aromatic heterocycles. The summed E-state index contributed by atoms with van der Waals surface area (Å²) in [6.07, 6.45) is 1.19. The molecule has 0 aromatic carbocycles. The van der Waals surface area contributed by atoms with Gasteiger partial charge >= 0.3 is 6.09 Å². The lowest BCUT2D eigenvalue weighted by molar-refractivity contribution is 0.128. The summed E-state index contributed by atoms with van der Waals surface area (Å²) in [4.78, 5) is 12.2. The molecule has 1 fully saturated rings. The summed E-state index contributed by atoms with van der Waals surface area (Å²) in [7, 11) is -2.31. The average Bonchev–Trinajstić information content (AvgIpc) is 1.97. The standard InChI is InChI=1S/C7H9NO4S/c1-2-5-12-7(9)8-4-3-6(8)13(10)11/h2H,1,3-5H2. The fraction of sp³-hybridized carbons (Fsp3) is 0.429. The second kappa shape index (κ2) is 4.08. The number of amides is 1. The first kappa shape index (κ1) is 9.79. The summed E-state index contributed by atoms with van der Waals surface area (Å²) in [5, 5.41) is 0. The van der Waals surface area contributed by atoms with E-state index >= 15 is 0 Å². The van der Waals surface area contributed by atoms with Crippen LogP contribution < -0.4 is 0 Å². The van der Waals surface area contributed by atoms with E-state index in [1.54, 1.807) is 0 Å². The predicted molar refractivity (Wildman–Crippen MR) is 46.8 cm³/mol. The number of carbonyl (C=O) groups is 1. The van der Waals surface area contributed by atoms with Crippen LogP contribution >= 0.6 is 0 Å². The lowest BCUT2D eigenvalue weighted by Crippen LogP contribution is -2.48. The van der Waals surface area contributed by atoms with Crippen molar-refractivity contribution >= 4 is 21.4 Å². The van der Waals surface area contributed by atoms with E-state index in [9.17, 15) is 13.2 Å². The SMILES string of the molecule is C=CCOC(=O)N1CCC1=S(=O)=O. The van der Waals surface area contributed by atoms with Crippen molar-refractivity contribution in [1.82, 2.24) is 4.90 Å². The summed E-state index contributed by atoms with van der Waals surface area (Å²) in [5.74, 6) is 0. The van der Waals surface area contributed by atoms with Gasteiger partial charge in [-0.1, -0.05) is 12.7 Å². The maximum absolute atomic E-state index is 11.1. The third-order valence-corrected chi connectivity index (χ3v) is 2.40. The van der Waals surface area contributed by atoms with Gasteiger partial charge in [-0.2, -0.15) is 8.42 Å². The fourth-order valence-corrected chi connectivity index (χ4v) is 1.49. The molecule has 0 aromatic rings. The maximum Gasteiger partial charge on any atom is 0.415 e. The van der Waals surface area contributed by atoms with Crippen molar-refractivity contribution in [3.8, 4) is 0 Å². The summed E-state index contributed by atoms with van der Waals surface area (Å²) >= 11 is 0. The zero-order chi connectivity index (χ0) is 9.84. The minimum absolute atomic E-state index is 0.0914. The van der Waals surface area contributed by atoms with E-state index in [2.05, 4.69) is 11.3 Å². The van der Waals surface area contributed by atoms with Crippen LogP contribution in [0.5, 0.6) is 0 Å². The Hall–Kier alpha value is -1.30. The van der Waals surface area contributed by atoms with Gasteiger partial charge in [-0.15, -0.1) is 0 Å². The number of hydrogen-bond acceptors (Lipinski definition) is 4. The van der Waals surface area contributed by atoms with Crippen molar-refractivity contribution in [3.63, 3.8) is 0 Å². The molecule has 72 valence electrons. The van der Waals surface area contributed by atoms with Gasteiger partial charge in [-0.05, 0) is 0 Å². The Morgan fingerprint density at radius 2 is 2.38 bits per heavy atom. The molecule has 0 spiro atoms. The largest absolute Gasteiger partial charge is 0.445 e. The van der Waals surface area contributed by atoms with E-state index in [0.717, 1.165) is 4.90 Å². The third-order valence-electron chi connectivity index (χ3n) is 1.59. The molecule has 0 unspecified atom stereocenters. The smallest absolute Gasteiger partial charge is 0.415 e. The van der Waals surface area contributed by atoms with Crippen molar-refractivity contribution < 1.29 is 17.9 Å². The number of likely N-dealkylation sites (tertiary alicyclic amines) is 1. The summed E-state index contributed by atoms with van der Waals surface area (Å²) in [6.45, 7) is 3.86. The first-order valence-electron chi connectivity index (χ1n) is 3.67. The molecule has 1 aliphatic heterocycles. The van der Waals surface area contributed by atoms with E-state index in [4.69, 9.17) is 0 Å². The van der Waals surface area contributed by atoms with Gasteiger partial charge in [0.1, 0.15) is 11.6 Å². The normalized spacial score (nSPS) is 14.8. The van der Waals surface area contributed by atoms with E-state index in [-0.39, 0.29) is 11.6 Å². The van der Waals surface area contributed by atoms with Gasteiger partial charge in [-0.3, -0.25) is 4.90 Å². The number of rotatable bonds is 2. The Labute approximate surface area is 77.1 Å². The Morgan fingerprint density at radius 1 is 1.69 bits per heavy atom. The molecule has 1 heterocycles. The minimum atomic E-state index is -2.31. The van der Waals surface area contributed by atoms with Gasteiger partial charge in [0.25, 0.3) is 0 Å². The highest BCUT2D eigenvalue weighted by molar-refractivity contribution is 7.73. The Bertz CT molecular complexity index is 349. The zero-order valence-electron chi connectivity index (χ0n) is 6.89. The molecule has 1 saturated heterocycles. The van der Waals surface area contributed by atoms with E-state index in [1.165, 1.54) is 6.08 Å². The van der Waals surface area contributed by atoms with Crippen molar-refractivity contribution in [2.24, 2.45) is 0 Å². The molecular weight excluding hydrogens is 194 g/mol. The van der Waals surface area contributed by atoms with Crippen LogP contribution in [0.25, 0.3) is 0 Å². The highest BCUT2D eigenvalue weighted by atomic mass is 32.2. The number of nitrogens with zero attached hydrogens (tertiary/aromatic N) is 1. The molecule has 0 aliphatic carbocycles. The monoisotopic (exact) mass is 203 g/mol. The van der Waals surface area contributed by atoms with E-state index in [0.29, 0.717) is 13.0 Å². The Morgan fingerprint density at radius 3 is 2.77 bits per heavy atom. The van der Waals surface area contributed by atoms with Crippen LogP contribution in [0.1, 0.15) is 6.42 Å². The number of carbonyl (C=O) groups excluding carboxylic acids is 1. The molecule has 13 heavy (non-hydrogen) atoms. The van der Waals surface area contributed by atoms with Crippen molar-refractivity contribution in [3.05, 3.63) is 12.7 Å². The summed E-state index contributed by atoms with van der Waals surface area (Å²) in [6, 6.07) is 0. The average molecular weight is 203 g/mol. The molecule has 0 N–H and O–H groups in total. The lowest BCUT2D eigenvalue weighted by Gasteiger charge is -2.29. The maximum atomic E-state index is 11.1. The van der Waals surface area contributed by atoms with Gasteiger partial charge in [0.2, 0.25) is 10.3 Å². The first-order chi connectivity index (χ1) is 6.16. The molecule has 0 atom stereocenters. The second-order valence-corrected chi connectivity index (χ2v) is 3.34. The van der Waals surface area contributed by atoms with Gasteiger partial charge in [0.05, 0.1) is 0 Å². The molecule has 6 heteroatoms. The third kappa shape index (κ3) is 2.09. The zero-order valence-corrected chi connectivity index (χ0v) is 7.71. The van der Waals surface area contributed by atoms with Crippen LogP contribution in [0, 0.1) is 0 Å². The van der Waals surface area contributed by atoms with Crippen LogP contribution in [0.3, 0.4) is 0 Å². The van der Waals surface area contributed by atoms with Crippen molar-refractivity contribution in [2.75, 3.05) is 13.2 Å². The fourth-order valence-electron chi connectivity index (χ4n) is 0.889. The highest BCUT2D eigenvalue weighted by Crippen LogP contribution is 2.10. The van der Waals surface area contributed by atoms with Crippen LogP contribution in [-0.2, 0) is 15.0 Å². The van der Waals surface area contributed by atoms with E-state index in [1.807, 2.05) is 0 Å². The van der Waals surface area contributed by atoms with Crippen molar-refractivity contribution in [1.29, 1.82) is 0 Å². The molecule has 5 nitrogen and oxygen atoms in total. The Balaban J connectivity index is 2.60. The first-order valence-corrected chi connectivity index (χ1v) is 4.74. The quantitative estimate of drug-likeness (QED) is 0.469. The topological polar surface area (TPSA) is 63.7 Å². The molecule has 0 bridgehead atoms. The minimum Gasteiger partial charge on any atom is -0.445 e. The van der Waals surface area contributed by atoms with Crippen LogP contribution in [0.15, 0.2) is 12.7 Å². The van der Waals surface area contributed by atoms with E-state index < -0.39 is 16.4 Å². The summed E-state index contributed by atoms with van der Waals surface area (Å²) < 4.78 is 25.6. The van der Waals surface area contributed by atoms with Crippen molar-refractivity contribution in [2.45, 2.75) is 6.42 Å². The molecule has 0 saturated carbocycles. The molecule has 0 radical (unpaired) electrons. The molecule has 1 rings (SSSR count). The molecule has 1 amide bonds. The van der Waals surface area contributed by atoms with Gasteiger partial charge in [-0.25, -0.2) is 4.79 Å². The van der Waals surface area contributed by atoms with Crippen LogP contribution in [-0.4, -0.2) is 37.6 Å². The summed E-state index contributed by atoms with van der Waals surface area (Å²) in [5.41, 5.74) is 0. The van der Waals surface area contributed by atoms with Crippen LogP contribution in [0.2, 0.25) is 0 Å². The Kier molecular flexibility index (Phi) is 3.07. The highest BCUT2D eigenvalue weighted by Gasteiger charge is 2.30. The predicted octanol–water partition coefficient (Wildman–Crippen LogP) is 0.0237. The van der Waals surface area contributed by atoms with Crippen LogP contribution in [0.4, 0.5) is 4.79 Å². The molecular formula is C7H9NO4S. The second-order valence-electron chi connectivity index (χ2n) is 2.40. The van der Waals surface area contributed by atoms with Gasteiger partial charge < -0.3 is 4.74 Å². The molecule has 1 aliphatic rings. The number of hydrogen-bond donors (Lipinski definition) is 0. The lowest BCUT2D eigenvalue weighted by atomic mass is 10.2. The van der Waals surface area contributed by atoms with Gasteiger partial charge in [0.15, 0.2) is 0 Å².